The number of ether oxygens (including phenoxy) is 3. The normalized spacial score (nSPS) is 18.0. The average Bonchev–Trinajstić information content (AvgIpc) is 3.22. The Morgan fingerprint density at radius 1 is 1.05 bits per heavy atom. The summed E-state index contributed by atoms with van der Waals surface area (Å²) in [5.41, 5.74) is 0.923. The molecule has 198 valence electrons. The van der Waals surface area contributed by atoms with E-state index < -0.39 is 21.5 Å². The molecule has 0 aliphatic carbocycles. The van der Waals surface area contributed by atoms with Crippen LogP contribution in [-0.4, -0.2) is 75.0 Å². The van der Waals surface area contributed by atoms with E-state index in [2.05, 4.69) is 5.32 Å². The summed E-state index contributed by atoms with van der Waals surface area (Å²) in [4.78, 5) is 27.6. The summed E-state index contributed by atoms with van der Waals surface area (Å²) in [6.07, 6.45) is 1.28. The zero-order valence-electron chi connectivity index (χ0n) is 21.3. The van der Waals surface area contributed by atoms with Gasteiger partial charge in [-0.15, -0.1) is 0 Å². The number of carbonyl (C=O) groups is 2. The Labute approximate surface area is 216 Å². The molecular weight excluding hydrogens is 498 g/mol. The summed E-state index contributed by atoms with van der Waals surface area (Å²) in [5.74, 6) is -0.746. The van der Waals surface area contributed by atoms with Crippen molar-refractivity contribution in [2.45, 2.75) is 37.5 Å². The number of nitrogens with zero attached hydrogens (tertiary/aromatic N) is 2. The number of rotatable bonds is 8. The summed E-state index contributed by atoms with van der Waals surface area (Å²) < 4.78 is 44.5. The molecule has 11 heteroatoms. The van der Waals surface area contributed by atoms with Crippen molar-refractivity contribution in [2.24, 2.45) is 0 Å². The number of para-hydroxylation sites is 1. The van der Waals surface area contributed by atoms with Crippen molar-refractivity contribution in [1.82, 2.24) is 9.47 Å². The summed E-state index contributed by atoms with van der Waals surface area (Å²) in [6, 6.07) is 11.7. The van der Waals surface area contributed by atoms with E-state index >= 15 is 0 Å². The molecule has 0 radical (unpaired) electrons. The van der Waals surface area contributed by atoms with Gasteiger partial charge >= 0.3 is 0 Å². The van der Waals surface area contributed by atoms with Crippen LogP contribution in [0.4, 0.5) is 5.69 Å². The zero-order chi connectivity index (χ0) is 26.7. The highest BCUT2D eigenvalue weighted by molar-refractivity contribution is 7.92. The molecule has 0 bridgehead atoms. The first-order valence-corrected chi connectivity index (χ1v) is 13.5. The van der Waals surface area contributed by atoms with Crippen LogP contribution in [0.15, 0.2) is 53.6 Å². The third kappa shape index (κ3) is 5.89. The zero-order valence-corrected chi connectivity index (χ0v) is 22.1. The number of methoxy groups -OCH3 is 2. The Kier molecular flexibility index (Phi) is 7.74. The maximum absolute atomic E-state index is 13.4. The van der Waals surface area contributed by atoms with Gasteiger partial charge in [0.2, 0.25) is 11.8 Å². The summed E-state index contributed by atoms with van der Waals surface area (Å²) in [6.45, 7) is 4.76. The third-order valence-electron chi connectivity index (χ3n) is 6.17. The van der Waals surface area contributed by atoms with E-state index in [-0.39, 0.29) is 29.6 Å². The SMILES string of the molecule is COc1ccc(NC(=O)CS(=O)(=O)c2cn(CC(=O)N3CC(C)OC(C)C3)c3ccccc23)c(OC)c1. The molecule has 1 aliphatic rings. The van der Waals surface area contributed by atoms with Crippen molar-refractivity contribution < 1.29 is 32.2 Å². The number of anilines is 1. The molecule has 4 rings (SSSR count). The van der Waals surface area contributed by atoms with Gasteiger partial charge < -0.3 is 29.0 Å². The third-order valence-corrected chi connectivity index (χ3v) is 7.81. The lowest BCUT2D eigenvalue weighted by molar-refractivity contribution is -0.143. The van der Waals surface area contributed by atoms with Gasteiger partial charge in [0.25, 0.3) is 0 Å². The number of aromatic nitrogens is 1. The van der Waals surface area contributed by atoms with E-state index in [9.17, 15) is 18.0 Å². The predicted octanol–water partition coefficient (Wildman–Crippen LogP) is 2.71. The number of amides is 2. The molecule has 0 saturated carbocycles. The second kappa shape index (κ2) is 10.8. The van der Waals surface area contributed by atoms with E-state index in [1.54, 1.807) is 51.9 Å². The van der Waals surface area contributed by atoms with E-state index in [0.29, 0.717) is 41.2 Å². The fraction of sp³-hybridized carbons (Fsp3) is 0.385. The minimum absolute atomic E-state index is 0.00328. The molecular formula is C26H31N3O7S. The van der Waals surface area contributed by atoms with Gasteiger partial charge in [-0.05, 0) is 32.0 Å². The van der Waals surface area contributed by atoms with Crippen molar-refractivity contribution >= 4 is 38.2 Å². The Bertz CT molecular complexity index is 1410. The van der Waals surface area contributed by atoms with Crippen LogP contribution in [0.1, 0.15) is 13.8 Å². The highest BCUT2D eigenvalue weighted by atomic mass is 32.2. The van der Waals surface area contributed by atoms with Gasteiger partial charge in [-0.25, -0.2) is 8.42 Å². The fourth-order valence-corrected chi connectivity index (χ4v) is 5.93. The average molecular weight is 530 g/mol. The first kappa shape index (κ1) is 26.5. The van der Waals surface area contributed by atoms with Crippen LogP contribution < -0.4 is 14.8 Å². The van der Waals surface area contributed by atoms with Gasteiger partial charge in [0.1, 0.15) is 23.8 Å². The molecule has 2 atom stereocenters. The molecule has 0 spiro atoms. The number of sulfone groups is 1. The van der Waals surface area contributed by atoms with Crippen molar-refractivity contribution in [3.8, 4) is 11.5 Å². The first-order chi connectivity index (χ1) is 17.6. The smallest absolute Gasteiger partial charge is 0.242 e. The Balaban J connectivity index is 1.56. The monoisotopic (exact) mass is 529 g/mol. The number of hydrogen-bond acceptors (Lipinski definition) is 7. The van der Waals surface area contributed by atoms with E-state index in [0.717, 1.165) is 0 Å². The van der Waals surface area contributed by atoms with Gasteiger partial charge in [-0.1, -0.05) is 18.2 Å². The molecule has 2 heterocycles. The molecule has 37 heavy (non-hydrogen) atoms. The molecule has 1 N–H and O–H groups in total. The van der Waals surface area contributed by atoms with Crippen LogP contribution in [0.2, 0.25) is 0 Å². The van der Waals surface area contributed by atoms with Gasteiger partial charge in [-0.3, -0.25) is 9.59 Å². The van der Waals surface area contributed by atoms with Crippen LogP contribution in [0.25, 0.3) is 10.9 Å². The molecule has 2 aromatic carbocycles. The quantitative estimate of drug-likeness (QED) is 0.477. The van der Waals surface area contributed by atoms with Gasteiger partial charge in [0.15, 0.2) is 9.84 Å². The van der Waals surface area contributed by atoms with E-state index in [4.69, 9.17) is 14.2 Å². The number of nitrogens with one attached hydrogen (secondary N) is 1. The van der Waals surface area contributed by atoms with E-state index in [1.807, 2.05) is 13.8 Å². The minimum atomic E-state index is -4.04. The standard InChI is InChI=1S/C26H31N3O7S/c1-17-12-29(13-18(2)36-17)26(31)15-28-14-24(20-7-5-6-8-22(20)28)37(32,33)16-25(30)27-21-10-9-19(34-3)11-23(21)35-4/h5-11,14,17-18H,12-13,15-16H2,1-4H3,(H,27,30). The molecule has 2 unspecified atom stereocenters. The van der Waals surface area contributed by atoms with Crippen LogP contribution >= 0.6 is 0 Å². The molecule has 1 aliphatic heterocycles. The topological polar surface area (TPSA) is 116 Å². The predicted molar refractivity (Wildman–Crippen MR) is 139 cm³/mol. The Morgan fingerprint density at radius 2 is 1.76 bits per heavy atom. The van der Waals surface area contributed by atoms with E-state index in [1.165, 1.54) is 20.4 Å². The summed E-state index contributed by atoms with van der Waals surface area (Å²) in [5, 5.41) is 3.05. The number of fused-ring (bicyclic) bond motifs is 1. The molecule has 3 aromatic rings. The van der Waals surface area contributed by atoms with Crippen LogP contribution in [-0.2, 0) is 30.7 Å². The molecule has 1 aromatic heterocycles. The van der Waals surface area contributed by atoms with Crippen molar-refractivity contribution in [2.75, 3.05) is 38.4 Å². The Morgan fingerprint density at radius 3 is 2.43 bits per heavy atom. The van der Waals surface area contributed by atoms with Crippen LogP contribution in [0.3, 0.4) is 0 Å². The number of benzene rings is 2. The van der Waals surface area contributed by atoms with Crippen LogP contribution in [0, 0.1) is 0 Å². The highest BCUT2D eigenvalue weighted by Gasteiger charge is 2.28. The van der Waals surface area contributed by atoms with Gasteiger partial charge in [-0.2, -0.15) is 0 Å². The second-order valence-electron chi connectivity index (χ2n) is 9.07. The lowest BCUT2D eigenvalue weighted by Gasteiger charge is -2.35. The molecule has 1 fully saturated rings. The number of morpholine rings is 1. The highest BCUT2D eigenvalue weighted by Crippen LogP contribution is 2.30. The maximum atomic E-state index is 13.4. The van der Waals surface area contributed by atoms with Crippen molar-refractivity contribution in [3.05, 3.63) is 48.7 Å². The molecule has 1 saturated heterocycles. The van der Waals surface area contributed by atoms with Gasteiger partial charge in [0.05, 0.1) is 37.0 Å². The van der Waals surface area contributed by atoms with Gasteiger partial charge in [0, 0.05) is 36.3 Å². The van der Waals surface area contributed by atoms with Crippen LogP contribution in [0.5, 0.6) is 11.5 Å². The Hall–Kier alpha value is -3.57. The maximum Gasteiger partial charge on any atom is 0.242 e. The largest absolute Gasteiger partial charge is 0.497 e. The second-order valence-corrected chi connectivity index (χ2v) is 11.0. The van der Waals surface area contributed by atoms with Crippen molar-refractivity contribution in [1.29, 1.82) is 0 Å². The number of carbonyl (C=O) groups excluding carboxylic acids is 2. The summed E-state index contributed by atoms with van der Waals surface area (Å²) in [7, 11) is -1.09. The lowest BCUT2D eigenvalue weighted by atomic mass is 10.2. The minimum Gasteiger partial charge on any atom is -0.497 e. The molecule has 10 nitrogen and oxygen atoms in total. The first-order valence-electron chi connectivity index (χ1n) is 11.9. The number of hydrogen-bond donors (Lipinski definition) is 1. The molecule has 2 amide bonds. The summed E-state index contributed by atoms with van der Waals surface area (Å²) >= 11 is 0. The fourth-order valence-electron chi connectivity index (χ4n) is 4.56. The lowest BCUT2D eigenvalue weighted by Crippen LogP contribution is -2.49. The van der Waals surface area contributed by atoms with Crippen molar-refractivity contribution in [3.63, 3.8) is 0 Å².